The van der Waals surface area contributed by atoms with Crippen LogP contribution in [0.3, 0.4) is 0 Å². The summed E-state index contributed by atoms with van der Waals surface area (Å²) in [5.74, 6) is -1.81. The quantitative estimate of drug-likeness (QED) is 0.890. The average molecular weight is 265 g/mol. The Hall–Kier alpha value is -1.91. The number of amides is 1. The monoisotopic (exact) mass is 265 g/mol. The molecule has 1 aliphatic heterocycles. The molecule has 0 radical (unpaired) electrons. The van der Waals surface area contributed by atoms with Gasteiger partial charge in [0.2, 0.25) is 0 Å². The van der Waals surface area contributed by atoms with Crippen molar-refractivity contribution in [1.29, 1.82) is 0 Å². The lowest BCUT2D eigenvalue weighted by atomic mass is 9.96. The molecule has 0 saturated carbocycles. The van der Waals surface area contributed by atoms with Gasteiger partial charge in [-0.15, -0.1) is 0 Å². The van der Waals surface area contributed by atoms with Crippen LogP contribution in [-0.4, -0.2) is 35.0 Å². The summed E-state index contributed by atoms with van der Waals surface area (Å²) in [7, 11) is 0. The zero-order chi connectivity index (χ0) is 14.0. The summed E-state index contributed by atoms with van der Waals surface area (Å²) in [6.07, 6.45) is 0.908. The van der Waals surface area contributed by atoms with Crippen LogP contribution in [0.15, 0.2) is 18.2 Å². The molecule has 1 amide bonds. The summed E-state index contributed by atoms with van der Waals surface area (Å²) in [5.41, 5.74) is 0.696. The molecule has 1 fully saturated rings. The Morgan fingerprint density at radius 3 is 2.53 bits per heavy atom. The van der Waals surface area contributed by atoms with Gasteiger partial charge in [0.05, 0.1) is 5.92 Å². The maximum absolute atomic E-state index is 13.4. The first kappa shape index (κ1) is 13.5. The molecule has 2 rings (SSSR count). The van der Waals surface area contributed by atoms with Crippen molar-refractivity contribution in [3.05, 3.63) is 35.1 Å². The van der Waals surface area contributed by atoms with Crippen molar-refractivity contribution in [2.24, 2.45) is 5.92 Å². The predicted molar refractivity (Wildman–Crippen MR) is 67.4 cm³/mol. The van der Waals surface area contributed by atoms with Crippen molar-refractivity contribution in [1.82, 2.24) is 4.90 Å². The van der Waals surface area contributed by atoms with E-state index in [9.17, 15) is 14.0 Å². The predicted octanol–water partition coefficient (Wildman–Crippen LogP) is 2.07. The van der Waals surface area contributed by atoms with Crippen molar-refractivity contribution in [3.8, 4) is 0 Å². The molecule has 1 N–H and O–H groups in total. The van der Waals surface area contributed by atoms with Crippen molar-refractivity contribution in [3.63, 3.8) is 0 Å². The molecule has 1 aromatic rings. The number of carboxylic acids is 1. The highest BCUT2D eigenvalue weighted by Gasteiger charge is 2.28. The topological polar surface area (TPSA) is 57.6 Å². The highest BCUT2D eigenvalue weighted by atomic mass is 19.1. The van der Waals surface area contributed by atoms with Gasteiger partial charge in [0, 0.05) is 18.7 Å². The van der Waals surface area contributed by atoms with Gasteiger partial charge in [0.25, 0.3) is 5.91 Å². The van der Waals surface area contributed by atoms with Crippen LogP contribution in [0.5, 0.6) is 0 Å². The summed E-state index contributed by atoms with van der Waals surface area (Å²) >= 11 is 0. The van der Waals surface area contributed by atoms with Crippen LogP contribution in [0.4, 0.5) is 4.39 Å². The zero-order valence-electron chi connectivity index (χ0n) is 10.7. The maximum atomic E-state index is 13.4. The SMILES string of the molecule is Cc1c(F)cccc1C(=O)N1CCC(C(=O)O)CC1. The first-order chi connectivity index (χ1) is 9.00. The van der Waals surface area contributed by atoms with Crippen LogP contribution in [0.1, 0.15) is 28.8 Å². The van der Waals surface area contributed by atoms with Gasteiger partial charge in [-0.2, -0.15) is 0 Å². The molecule has 1 saturated heterocycles. The lowest BCUT2D eigenvalue weighted by Crippen LogP contribution is -2.40. The van der Waals surface area contributed by atoms with Gasteiger partial charge in [-0.25, -0.2) is 4.39 Å². The van der Waals surface area contributed by atoms with Gasteiger partial charge in [-0.3, -0.25) is 9.59 Å². The van der Waals surface area contributed by atoms with E-state index in [0.29, 0.717) is 37.1 Å². The number of likely N-dealkylation sites (tertiary alicyclic amines) is 1. The summed E-state index contributed by atoms with van der Waals surface area (Å²) in [6, 6.07) is 4.44. The van der Waals surface area contributed by atoms with E-state index in [2.05, 4.69) is 0 Å². The zero-order valence-corrected chi connectivity index (χ0v) is 10.7. The molecule has 102 valence electrons. The summed E-state index contributed by atoms with van der Waals surface area (Å²) in [5, 5.41) is 8.91. The number of carboxylic acid groups (broad SMARTS) is 1. The fourth-order valence-electron chi connectivity index (χ4n) is 2.34. The first-order valence-electron chi connectivity index (χ1n) is 6.28. The average Bonchev–Trinajstić information content (AvgIpc) is 2.41. The number of hydrogen-bond donors (Lipinski definition) is 1. The number of halogens is 1. The number of benzene rings is 1. The third-order valence-corrected chi connectivity index (χ3v) is 3.63. The van der Waals surface area contributed by atoms with E-state index in [0.717, 1.165) is 0 Å². The fraction of sp³-hybridized carbons (Fsp3) is 0.429. The van der Waals surface area contributed by atoms with Crippen LogP contribution < -0.4 is 0 Å². The van der Waals surface area contributed by atoms with E-state index < -0.39 is 11.8 Å². The number of hydrogen-bond acceptors (Lipinski definition) is 2. The van der Waals surface area contributed by atoms with Gasteiger partial charge in [-0.1, -0.05) is 6.07 Å². The van der Waals surface area contributed by atoms with E-state index in [-0.39, 0.29) is 11.8 Å². The van der Waals surface area contributed by atoms with Crippen molar-refractivity contribution >= 4 is 11.9 Å². The minimum absolute atomic E-state index is 0.221. The van der Waals surface area contributed by atoms with Crippen molar-refractivity contribution in [2.45, 2.75) is 19.8 Å². The van der Waals surface area contributed by atoms with Gasteiger partial charge < -0.3 is 10.0 Å². The van der Waals surface area contributed by atoms with Crippen LogP contribution in [-0.2, 0) is 4.79 Å². The molecule has 0 unspecified atom stereocenters. The molecule has 1 heterocycles. The van der Waals surface area contributed by atoms with Gasteiger partial charge >= 0.3 is 5.97 Å². The number of aliphatic carboxylic acids is 1. The van der Waals surface area contributed by atoms with Crippen LogP contribution in [0, 0.1) is 18.7 Å². The molecule has 4 nitrogen and oxygen atoms in total. The molecule has 0 aromatic heterocycles. The van der Waals surface area contributed by atoms with E-state index in [4.69, 9.17) is 5.11 Å². The Labute approximate surface area is 110 Å². The lowest BCUT2D eigenvalue weighted by molar-refractivity contribution is -0.143. The Morgan fingerprint density at radius 2 is 1.95 bits per heavy atom. The number of carbonyl (C=O) groups excluding carboxylic acids is 1. The molecular weight excluding hydrogens is 249 g/mol. The second kappa shape index (κ2) is 5.38. The van der Waals surface area contributed by atoms with E-state index in [1.54, 1.807) is 17.9 Å². The van der Waals surface area contributed by atoms with Crippen molar-refractivity contribution in [2.75, 3.05) is 13.1 Å². The minimum Gasteiger partial charge on any atom is -0.481 e. The fourth-order valence-corrected chi connectivity index (χ4v) is 2.34. The van der Waals surface area contributed by atoms with Gasteiger partial charge in [-0.05, 0) is 37.5 Å². The third-order valence-electron chi connectivity index (χ3n) is 3.63. The Balaban J connectivity index is 2.09. The minimum atomic E-state index is -0.811. The second-order valence-electron chi connectivity index (χ2n) is 4.82. The Morgan fingerprint density at radius 1 is 1.32 bits per heavy atom. The normalized spacial score (nSPS) is 16.4. The highest BCUT2D eigenvalue weighted by Crippen LogP contribution is 2.21. The smallest absolute Gasteiger partial charge is 0.306 e. The molecule has 5 heteroatoms. The lowest BCUT2D eigenvalue weighted by Gasteiger charge is -2.30. The van der Waals surface area contributed by atoms with E-state index >= 15 is 0 Å². The third kappa shape index (κ3) is 2.75. The van der Waals surface area contributed by atoms with Crippen molar-refractivity contribution < 1.29 is 19.1 Å². The number of piperidine rings is 1. The van der Waals surface area contributed by atoms with Crippen LogP contribution in [0.2, 0.25) is 0 Å². The molecule has 19 heavy (non-hydrogen) atoms. The summed E-state index contributed by atoms with van der Waals surface area (Å²) in [6.45, 7) is 2.39. The van der Waals surface area contributed by atoms with Crippen LogP contribution in [0.25, 0.3) is 0 Å². The molecule has 0 spiro atoms. The molecule has 1 aliphatic rings. The molecule has 0 aliphatic carbocycles. The molecule has 1 aromatic carbocycles. The summed E-state index contributed by atoms with van der Waals surface area (Å²) < 4.78 is 13.4. The second-order valence-corrected chi connectivity index (χ2v) is 4.82. The molecular formula is C14H16FNO3. The number of carbonyl (C=O) groups is 2. The Bertz CT molecular complexity index is 507. The highest BCUT2D eigenvalue weighted by molar-refractivity contribution is 5.95. The van der Waals surface area contributed by atoms with Gasteiger partial charge in [0.15, 0.2) is 0 Å². The molecule has 0 atom stereocenters. The van der Waals surface area contributed by atoms with E-state index in [1.165, 1.54) is 12.1 Å². The van der Waals surface area contributed by atoms with Gasteiger partial charge in [0.1, 0.15) is 5.82 Å². The Kier molecular flexibility index (Phi) is 3.83. The largest absolute Gasteiger partial charge is 0.481 e. The summed E-state index contributed by atoms with van der Waals surface area (Å²) in [4.78, 5) is 24.7. The number of nitrogens with zero attached hydrogens (tertiary/aromatic N) is 1. The van der Waals surface area contributed by atoms with E-state index in [1.807, 2.05) is 0 Å². The standard InChI is InChI=1S/C14H16FNO3/c1-9-11(3-2-4-12(9)15)13(17)16-7-5-10(6-8-16)14(18)19/h2-4,10H,5-8H2,1H3,(H,18,19). The maximum Gasteiger partial charge on any atom is 0.306 e. The number of rotatable bonds is 2. The molecule has 0 bridgehead atoms. The first-order valence-corrected chi connectivity index (χ1v) is 6.28. The van der Waals surface area contributed by atoms with Crippen LogP contribution >= 0.6 is 0 Å².